The molecule has 2 aromatic carbocycles. The maximum atomic E-state index is 13.1. The highest BCUT2D eigenvalue weighted by Gasteiger charge is 2.62. The molecule has 4 rings (SSSR count). The van der Waals surface area contributed by atoms with Gasteiger partial charge in [0.1, 0.15) is 10.9 Å². The zero-order chi connectivity index (χ0) is 16.2. The van der Waals surface area contributed by atoms with Crippen LogP contribution in [0.3, 0.4) is 0 Å². The molecular formula is C19H17NO2S. The van der Waals surface area contributed by atoms with Gasteiger partial charge in [-0.1, -0.05) is 62.4 Å². The first-order valence-electron chi connectivity index (χ1n) is 7.79. The molecule has 2 aliphatic heterocycles. The summed E-state index contributed by atoms with van der Waals surface area (Å²) in [4.78, 5) is 26.9. The zero-order valence-corrected chi connectivity index (χ0v) is 13.8. The highest BCUT2D eigenvalue weighted by atomic mass is 32.2. The first-order valence-corrected chi connectivity index (χ1v) is 8.60. The van der Waals surface area contributed by atoms with E-state index in [1.54, 1.807) is 0 Å². The molecule has 0 aromatic heterocycles. The second-order valence-electron chi connectivity index (χ2n) is 6.34. The predicted molar refractivity (Wildman–Crippen MR) is 91.1 cm³/mol. The van der Waals surface area contributed by atoms with Crippen molar-refractivity contribution in [3.8, 4) is 0 Å². The average molecular weight is 323 g/mol. The molecule has 2 unspecified atom stereocenters. The van der Waals surface area contributed by atoms with Crippen molar-refractivity contribution < 1.29 is 9.59 Å². The highest BCUT2D eigenvalue weighted by molar-refractivity contribution is 8.15. The minimum Gasteiger partial charge on any atom is -0.304 e. The molecule has 1 fully saturated rings. The van der Waals surface area contributed by atoms with Crippen LogP contribution in [0.25, 0.3) is 0 Å². The fourth-order valence-electron chi connectivity index (χ4n) is 3.69. The smallest absolute Gasteiger partial charge is 0.256 e. The van der Waals surface area contributed by atoms with E-state index >= 15 is 0 Å². The monoisotopic (exact) mass is 323 g/mol. The Labute approximate surface area is 139 Å². The van der Waals surface area contributed by atoms with E-state index in [0.717, 1.165) is 11.1 Å². The minimum absolute atomic E-state index is 0.0403. The van der Waals surface area contributed by atoms with Gasteiger partial charge < -0.3 is 4.90 Å². The summed E-state index contributed by atoms with van der Waals surface area (Å²) < 4.78 is 0. The van der Waals surface area contributed by atoms with Crippen LogP contribution in [0, 0.1) is 5.92 Å². The van der Waals surface area contributed by atoms with Gasteiger partial charge in [-0.25, -0.2) is 0 Å². The normalized spacial score (nSPS) is 25.9. The lowest BCUT2D eigenvalue weighted by atomic mass is 9.95. The maximum absolute atomic E-state index is 13.1. The number of nitrogens with zero attached hydrogens (tertiary/aromatic N) is 1. The van der Waals surface area contributed by atoms with Crippen molar-refractivity contribution in [2.24, 2.45) is 5.92 Å². The zero-order valence-electron chi connectivity index (χ0n) is 13.0. The van der Waals surface area contributed by atoms with E-state index in [-0.39, 0.29) is 23.0 Å². The van der Waals surface area contributed by atoms with Crippen molar-refractivity contribution >= 4 is 22.8 Å². The van der Waals surface area contributed by atoms with Crippen LogP contribution in [0.5, 0.6) is 0 Å². The van der Waals surface area contributed by atoms with Gasteiger partial charge in [-0.05, 0) is 29.3 Å². The standard InChI is InChI=1S/C19H17NO2S/c1-12(2)16-18(22)23-19(13-8-4-3-5-9-13)15-11-7-6-10-14(15)17(21)20(16)19/h3-12,16H,1-2H3. The quantitative estimate of drug-likeness (QED) is 0.847. The number of amides is 1. The summed E-state index contributed by atoms with van der Waals surface area (Å²) in [6.07, 6.45) is 0. The Morgan fingerprint density at radius 2 is 1.65 bits per heavy atom. The van der Waals surface area contributed by atoms with Gasteiger partial charge in [0, 0.05) is 11.1 Å². The van der Waals surface area contributed by atoms with E-state index in [4.69, 9.17) is 0 Å². The molecule has 0 radical (unpaired) electrons. The molecule has 2 aromatic rings. The molecule has 1 amide bonds. The Hall–Kier alpha value is -2.07. The molecule has 4 heteroatoms. The largest absolute Gasteiger partial charge is 0.304 e. The van der Waals surface area contributed by atoms with E-state index in [9.17, 15) is 9.59 Å². The molecule has 0 saturated carbocycles. The Kier molecular flexibility index (Phi) is 3.13. The number of carbonyl (C=O) groups excluding carboxylic acids is 2. The molecule has 3 nitrogen and oxygen atoms in total. The first kappa shape index (κ1) is 14.5. The number of carbonyl (C=O) groups is 2. The summed E-state index contributed by atoms with van der Waals surface area (Å²) in [5.74, 6) is 0.0420. The summed E-state index contributed by atoms with van der Waals surface area (Å²) in [5.41, 5.74) is 2.62. The van der Waals surface area contributed by atoms with E-state index in [1.165, 1.54) is 11.8 Å². The van der Waals surface area contributed by atoms with Crippen LogP contribution in [-0.2, 0) is 9.67 Å². The van der Waals surface area contributed by atoms with Crippen LogP contribution in [-0.4, -0.2) is 22.0 Å². The van der Waals surface area contributed by atoms with Gasteiger partial charge in [0.15, 0.2) is 0 Å². The average Bonchev–Trinajstić information content (AvgIpc) is 3.00. The van der Waals surface area contributed by atoms with Crippen LogP contribution in [0.2, 0.25) is 0 Å². The van der Waals surface area contributed by atoms with Crippen LogP contribution < -0.4 is 0 Å². The summed E-state index contributed by atoms with van der Waals surface area (Å²) >= 11 is 1.29. The third kappa shape index (κ3) is 1.78. The Balaban J connectivity index is 2.03. The SMILES string of the molecule is CC(C)C1C(=O)SC2(c3ccccc3)c3ccccc3C(=O)N12. The molecule has 1 saturated heterocycles. The lowest BCUT2D eigenvalue weighted by Gasteiger charge is -2.35. The van der Waals surface area contributed by atoms with Crippen molar-refractivity contribution in [1.82, 2.24) is 4.90 Å². The number of hydrogen-bond acceptors (Lipinski definition) is 3. The van der Waals surface area contributed by atoms with E-state index in [2.05, 4.69) is 0 Å². The van der Waals surface area contributed by atoms with Crippen molar-refractivity contribution in [1.29, 1.82) is 0 Å². The van der Waals surface area contributed by atoms with Crippen LogP contribution in [0.1, 0.15) is 35.3 Å². The Morgan fingerprint density at radius 3 is 2.35 bits per heavy atom. The lowest BCUT2D eigenvalue weighted by molar-refractivity contribution is -0.115. The minimum atomic E-state index is -0.721. The molecule has 0 aliphatic carbocycles. The first-order chi connectivity index (χ1) is 11.1. The molecule has 23 heavy (non-hydrogen) atoms. The fraction of sp³-hybridized carbons (Fsp3) is 0.263. The van der Waals surface area contributed by atoms with Gasteiger partial charge in [-0.3, -0.25) is 9.59 Å². The second-order valence-corrected chi connectivity index (χ2v) is 7.54. The summed E-state index contributed by atoms with van der Waals surface area (Å²) in [6.45, 7) is 4.00. The van der Waals surface area contributed by atoms with Gasteiger partial charge in [0.05, 0.1) is 0 Å². The molecule has 0 bridgehead atoms. The summed E-state index contributed by atoms with van der Waals surface area (Å²) in [6, 6.07) is 17.2. The van der Waals surface area contributed by atoms with Crippen LogP contribution in [0.4, 0.5) is 0 Å². The van der Waals surface area contributed by atoms with Crippen molar-refractivity contribution in [3.05, 3.63) is 71.3 Å². The fourth-order valence-corrected chi connectivity index (χ4v) is 5.32. The topological polar surface area (TPSA) is 37.4 Å². The number of rotatable bonds is 2. The maximum Gasteiger partial charge on any atom is 0.256 e. The second kappa shape index (κ2) is 4.96. The van der Waals surface area contributed by atoms with Crippen LogP contribution in [0.15, 0.2) is 54.6 Å². The molecule has 2 atom stereocenters. The lowest BCUT2D eigenvalue weighted by Crippen LogP contribution is -2.46. The number of thioether (sulfide) groups is 1. The Morgan fingerprint density at radius 1 is 1.00 bits per heavy atom. The third-order valence-electron chi connectivity index (χ3n) is 4.65. The van der Waals surface area contributed by atoms with E-state index in [1.807, 2.05) is 73.3 Å². The van der Waals surface area contributed by atoms with Crippen molar-refractivity contribution in [3.63, 3.8) is 0 Å². The van der Waals surface area contributed by atoms with Gasteiger partial charge in [-0.15, -0.1) is 0 Å². The van der Waals surface area contributed by atoms with Crippen LogP contribution >= 0.6 is 11.8 Å². The predicted octanol–water partition coefficient (Wildman–Crippen LogP) is 3.64. The summed E-state index contributed by atoms with van der Waals surface area (Å²) in [5, 5.41) is 0.0757. The van der Waals surface area contributed by atoms with Gasteiger partial charge in [-0.2, -0.15) is 0 Å². The Bertz CT molecular complexity index is 802. The highest BCUT2D eigenvalue weighted by Crippen LogP contribution is 2.58. The number of fused-ring (bicyclic) bond motifs is 3. The summed E-state index contributed by atoms with van der Waals surface area (Å²) in [7, 11) is 0. The molecular weight excluding hydrogens is 306 g/mol. The molecule has 116 valence electrons. The van der Waals surface area contributed by atoms with E-state index in [0.29, 0.717) is 5.56 Å². The molecule has 0 N–H and O–H groups in total. The number of hydrogen-bond donors (Lipinski definition) is 0. The molecule has 2 heterocycles. The van der Waals surface area contributed by atoms with Crippen molar-refractivity contribution in [2.75, 3.05) is 0 Å². The molecule has 0 spiro atoms. The number of benzene rings is 2. The van der Waals surface area contributed by atoms with Gasteiger partial charge in [0.25, 0.3) is 5.91 Å². The molecule has 2 aliphatic rings. The van der Waals surface area contributed by atoms with E-state index < -0.39 is 4.87 Å². The van der Waals surface area contributed by atoms with Gasteiger partial charge >= 0.3 is 0 Å². The third-order valence-corrected chi connectivity index (χ3v) is 6.04. The van der Waals surface area contributed by atoms with Gasteiger partial charge in [0.2, 0.25) is 5.12 Å². The van der Waals surface area contributed by atoms with Crippen molar-refractivity contribution in [2.45, 2.75) is 24.8 Å².